The van der Waals surface area contributed by atoms with Crippen molar-refractivity contribution in [2.45, 2.75) is 27.2 Å². The van der Waals surface area contributed by atoms with Crippen molar-refractivity contribution in [2.75, 3.05) is 7.05 Å². The Bertz CT molecular complexity index is 1590. The maximum atomic E-state index is 13.6. The van der Waals surface area contributed by atoms with Gasteiger partial charge in [-0.1, -0.05) is 54.8 Å². The summed E-state index contributed by atoms with van der Waals surface area (Å²) >= 11 is 0. The van der Waals surface area contributed by atoms with Crippen LogP contribution in [0.5, 0.6) is 0 Å². The third-order valence-corrected chi connectivity index (χ3v) is 5.64. The number of hydrogen-bond acceptors (Lipinski definition) is 5. The van der Waals surface area contributed by atoms with Gasteiger partial charge in [0.2, 0.25) is 0 Å². The zero-order valence-corrected chi connectivity index (χ0v) is 23.0. The number of rotatable bonds is 6. The lowest BCUT2D eigenvalue weighted by Crippen LogP contribution is -2.02. The maximum Gasteiger partial charge on any atom is 0.167 e. The van der Waals surface area contributed by atoms with Gasteiger partial charge in [0, 0.05) is 71.7 Å². The predicted octanol–water partition coefficient (Wildman–Crippen LogP) is 7.63. The summed E-state index contributed by atoms with van der Waals surface area (Å²) in [6.07, 6.45) is 7.63. The molecule has 0 fully saturated rings. The molecule has 0 aliphatic carbocycles. The minimum absolute atomic E-state index is 0.139. The molecule has 5 nitrogen and oxygen atoms in total. The molecule has 4 aromatic rings. The van der Waals surface area contributed by atoms with Crippen LogP contribution < -0.4 is 0 Å². The molecule has 2 aromatic carbocycles. The molecule has 0 atom stereocenters. The fourth-order valence-corrected chi connectivity index (χ4v) is 3.49. The fraction of sp³-hybridized carbons (Fsp3) is 0.152. The molecule has 202 valence electrons. The van der Waals surface area contributed by atoms with Gasteiger partial charge in [-0.15, -0.1) is 0 Å². The van der Waals surface area contributed by atoms with Crippen LogP contribution in [0.2, 0.25) is 0 Å². The van der Waals surface area contributed by atoms with Crippen LogP contribution in [-0.4, -0.2) is 29.1 Å². The number of aromatic nitrogens is 2. The van der Waals surface area contributed by atoms with Crippen LogP contribution in [0, 0.1) is 23.5 Å². The molecule has 0 amide bonds. The van der Waals surface area contributed by atoms with E-state index in [1.54, 1.807) is 45.6 Å². The standard InChI is InChI=1S/C18H14N2O.C15H16F2N2/c1-2-17-13-18(20-21-17)16-7-5-14(6-8-16)3-4-15-9-11-19-12-10-15;1-5-14(10(2)9-18-4)19-11(3)12-7-6-8-13(16)15(12)17/h5-13H,2H2,1H3;5-9H,2H2,1,3-4H3/b;14-5+,18-9?,19-11?. The van der Waals surface area contributed by atoms with Crippen LogP contribution >= 0.6 is 0 Å². The Morgan fingerprint density at radius 3 is 2.30 bits per heavy atom. The van der Waals surface area contributed by atoms with E-state index in [0.29, 0.717) is 17.0 Å². The molecule has 7 heteroatoms. The summed E-state index contributed by atoms with van der Waals surface area (Å²) in [6.45, 7) is 9.27. The van der Waals surface area contributed by atoms with Gasteiger partial charge in [0.05, 0.1) is 5.70 Å². The SMILES string of the molecule is C=C(C=NC)/C(=C\C)N=C(C)c1cccc(F)c1F.CCc1cc(-c2ccc(C#Cc3ccncc3)cc2)no1. The number of benzene rings is 2. The molecule has 2 aromatic heterocycles. The van der Waals surface area contributed by atoms with Crippen LogP contribution in [0.3, 0.4) is 0 Å². The minimum Gasteiger partial charge on any atom is -0.361 e. The van der Waals surface area contributed by atoms with E-state index in [0.717, 1.165) is 40.6 Å². The van der Waals surface area contributed by atoms with Crippen LogP contribution in [0.15, 0.2) is 111 Å². The maximum absolute atomic E-state index is 13.6. The number of halogens is 2. The summed E-state index contributed by atoms with van der Waals surface area (Å²) in [4.78, 5) is 12.1. The van der Waals surface area contributed by atoms with Crippen molar-refractivity contribution >= 4 is 11.9 Å². The normalized spacial score (nSPS) is 11.4. The smallest absolute Gasteiger partial charge is 0.167 e. The second-order valence-corrected chi connectivity index (χ2v) is 8.48. The molecule has 0 saturated heterocycles. The first-order valence-electron chi connectivity index (χ1n) is 12.6. The molecule has 40 heavy (non-hydrogen) atoms. The molecule has 0 spiro atoms. The van der Waals surface area contributed by atoms with Gasteiger partial charge in [0.15, 0.2) is 11.6 Å². The highest BCUT2D eigenvalue weighted by Crippen LogP contribution is 2.20. The Morgan fingerprint density at radius 1 is 1.02 bits per heavy atom. The molecule has 0 N–H and O–H groups in total. The first kappa shape index (κ1) is 29.6. The molecular formula is C33H30F2N4O. The number of allylic oxidation sites excluding steroid dienone is 2. The van der Waals surface area contributed by atoms with E-state index in [9.17, 15) is 8.78 Å². The van der Waals surface area contributed by atoms with E-state index in [4.69, 9.17) is 4.52 Å². The van der Waals surface area contributed by atoms with E-state index in [1.165, 1.54) is 12.1 Å². The van der Waals surface area contributed by atoms with Crippen molar-refractivity contribution in [3.8, 4) is 23.1 Å². The number of aliphatic imine (C=N–C) groups is 2. The van der Waals surface area contributed by atoms with Crippen molar-refractivity contribution in [2.24, 2.45) is 9.98 Å². The van der Waals surface area contributed by atoms with Gasteiger partial charge in [-0.05, 0) is 50.2 Å². The monoisotopic (exact) mass is 536 g/mol. The molecule has 0 aliphatic rings. The Kier molecular flexibility index (Phi) is 11.0. The Balaban J connectivity index is 0.000000222. The van der Waals surface area contributed by atoms with E-state index in [2.05, 4.69) is 38.5 Å². The summed E-state index contributed by atoms with van der Waals surface area (Å²) in [5.74, 6) is 5.36. The van der Waals surface area contributed by atoms with Gasteiger partial charge in [0.25, 0.3) is 0 Å². The lowest BCUT2D eigenvalue weighted by molar-refractivity contribution is 0.389. The van der Waals surface area contributed by atoms with E-state index in [1.807, 2.05) is 49.4 Å². The van der Waals surface area contributed by atoms with Gasteiger partial charge < -0.3 is 4.52 Å². The summed E-state index contributed by atoms with van der Waals surface area (Å²) in [6, 6.07) is 17.8. The van der Waals surface area contributed by atoms with Gasteiger partial charge in [-0.3, -0.25) is 15.0 Å². The fourth-order valence-electron chi connectivity index (χ4n) is 3.49. The topological polar surface area (TPSA) is 63.6 Å². The third-order valence-electron chi connectivity index (χ3n) is 5.64. The summed E-state index contributed by atoms with van der Waals surface area (Å²) in [7, 11) is 1.63. The highest BCUT2D eigenvalue weighted by molar-refractivity contribution is 6.00. The molecule has 0 bridgehead atoms. The highest BCUT2D eigenvalue weighted by Gasteiger charge is 2.11. The molecule has 0 saturated carbocycles. The van der Waals surface area contributed by atoms with E-state index >= 15 is 0 Å². The first-order valence-corrected chi connectivity index (χ1v) is 12.6. The zero-order valence-electron chi connectivity index (χ0n) is 23.0. The van der Waals surface area contributed by atoms with Crippen molar-refractivity contribution in [3.05, 3.63) is 131 Å². The number of aryl methyl sites for hydroxylation is 1. The third kappa shape index (κ3) is 8.27. The minimum atomic E-state index is -0.894. The largest absolute Gasteiger partial charge is 0.361 e. The average molecular weight is 537 g/mol. The van der Waals surface area contributed by atoms with Crippen molar-refractivity contribution in [1.82, 2.24) is 10.1 Å². The Morgan fingerprint density at radius 2 is 1.70 bits per heavy atom. The summed E-state index contributed by atoms with van der Waals surface area (Å²) < 4.78 is 32.0. The Hall–Kier alpha value is -4.96. The lowest BCUT2D eigenvalue weighted by atomic mass is 10.1. The van der Waals surface area contributed by atoms with E-state index in [-0.39, 0.29) is 5.56 Å². The van der Waals surface area contributed by atoms with E-state index < -0.39 is 11.6 Å². The molecule has 0 aliphatic heterocycles. The summed E-state index contributed by atoms with van der Waals surface area (Å²) in [5.41, 5.74) is 5.53. The van der Waals surface area contributed by atoms with Gasteiger partial charge >= 0.3 is 0 Å². The van der Waals surface area contributed by atoms with Crippen LogP contribution in [0.1, 0.15) is 43.2 Å². The summed E-state index contributed by atoms with van der Waals surface area (Å²) in [5, 5.41) is 4.06. The number of nitrogens with zero attached hydrogens (tertiary/aromatic N) is 4. The molecular weight excluding hydrogens is 506 g/mol. The quantitative estimate of drug-likeness (QED) is 0.145. The average Bonchev–Trinajstić information content (AvgIpc) is 3.47. The Labute approximate surface area is 233 Å². The second kappa shape index (κ2) is 14.8. The van der Waals surface area contributed by atoms with Crippen molar-refractivity contribution in [3.63, 3.8) is 0 Å². The first-order chi connectivity index (χ1) is 19.4. The van der Waals surface area contributed by atoms with Crippen molar-refractivity contribution < 1.29 is 13.3 Å². The molecule has 2 heterocycles. The lowest BCUT2D eigenvalue weighted by Gasteiger charge is -2.06. The highest BCUT2D eigenvalue weighted by atomic mass is 19.2. The van der Waals surface area contributed by atoms with Gasteiger partial charge in [-0.25, -0.2) is 8.78 Å². The van der Waals surface area contributed by atoms with Gasteiger partial charge in [-0.2, -0.15) is 0 Å². The van der Waals surface area contributed by atoms with Gasteiger partial charge in [0.1, 0.15) is 11.5 Å². The number of hydrogen-bond donors (Lipinski definition) is 0. The second-order valence-electron chi connectivity index (χ2n) is 8.48. The zero-order chi connectivity index (χ0) is 28.9. The van der Waals surface area contributed by atoms with Crippen LogP contribution in [0.25, 0.3) is 11.3 Å². The number of pyridine rings is 1. The predicted molar refractivity (Wildman–Crippen MR) is 157 cm³/mol. The molecule has 0 unspecified atom stereocenters. The molecule has 4 rings (SSSR count). The van der Waals surface area contributed by atoms with Crippen LogP contribution in [-0.2, 0) is 6.42 Å². The van der Waals surface area contributed by atoms with Crippen molar-refractivity contribution in [1.29, 1.82) is 0 Å². The van der Waals surface area contributed by atoms with Crippen LogP contribution in [0.4, 0.5) is 8.78 Å². The molecule has 0 radical (unpaired) electrons.